The molecule has 1 heterocycles. The molecular weight excluding hydrogens is 284 g/mol. The van der Waals surface area contributed by atoms with Gasteiger partial charge in [-0.2, -0.15) is 5.10 Å². The molecule has 1 aromatic carbocycles. The van der Waals surface area contributed by atoms with Gasteiger partial charge in [0.1, 0.15) is 18.4 Å². The van der Waals surface area contributed by atoms with Gasteiger partial charge in [0.05, 0.1) is 4.92 Å². The second kappa shape index (κ2) is 6.38. The Morgan fingerprint density at radius 3 is 2.41 bits per heavy atom. The maximum absolute atomic E-state index is 12.2. The van der Waals surface area contributed by atoms with Gasteiger partial charge in [0.2, 0.25) is 5.91 Å². The minimum atomic E-state index is -0.640. The molecular formula is C15H18N4O3. The van der Waals surface area contributed by atoms with Crippen molar-refractivity contribution in [3.8, 4) is 0 Å². The first-order chi connectivity index (χ1) is 10.4. The smallest absolute Gasteiger partial charge is 0.307 e. The van der Waals surface area contributed by atoms with E-state index < -0.39 is 11.0 Å². The zero-order chi connectivity index (χ0) is 16.3. The predicted octanol–water partition coefficient (Wildman–Crippen LogP) is 3.11. The van der Waals surface area contributed by atoms with Crippen LogP contribution in [0, 0.1) is 10.1 Å². The van der Waals surface area contributed by atoms with Crippen LogP contribution in [-0.2, 0) is 4.79 Å². The van der Waals surface area contributed by atoms with Crippen LogP contribution in [0.25, 0.3) is 0 Å². The summed E-state index contributed by atoms with van der Waals surface area (Å²) in [5.74, 6) is 0.142. The van der Waals surface area contributed by atoms with Crippen molar-refractivity contribution >= 4 is 17.3 Å². The van der Waals surface area contributed by atoms with Gasteiger partial charge in [-0.3, -0.25) is 19.6 Å². The average Bonchev–Trinajstić information content (AvgIpc) is 2.97. The molecule has 0 spiro atoms. The van der Waals surface area contributed by atoms with E-state index >= 15 is 0 Å². The fourth-order valence-corrected chi connectivity index (χ4v) is 1.95. The van der Waals surface area contributed by atoms with E-state index in [0.717, 1.165) is 6.20 Å². The Morgan fingerprint density at radius 1 is 1.27 bits per heavy atom. The maximum Gasteiger partial charge on any atom is 0.307 e. The predicted molar refractivity (Wildman–Crippen MR) is 82.8 cm³/mol. The summed E-state index contributed by atoms with van der Waals surface area (Å²) in [7, 11) is 0. The molecule has 2 rings (SSSR count). The molecule has 0 radical (unpaired) electrons. The SMILES string of the molecule is CC(C)c1ccc(NC(=O)C(C)n2cc([N+](=O)[O-])cn2)cc1. The molecule has 0 aliphatic heterocycles. The van der Waals surface area contributed by atoms with Crippen molar-refractivity contribution in [2.75, 3.05) is 5.32 Å². The van der Waals surface area contributed by atoms with Crippen LogP contribution in [0.4, 0.5) is 11.4 Å². The molecule has 1 N–H and O–H groups in total. The average molecular weight is 302 g/mol. The van der Waals surface area contributed by atoms with E-state index in [1.807, 2.05) is 24.3 Å². The van der Waals surface area contributed by atoms with Gasteiger partial charge in [-0.25, -0.2) is 0 Å². The standard InChI is InChI=1S/C15H18N4O3/c1-10(2)12-4-6-13(7-5-12)17-15(20)11(3)18-9-14(8-16-18)19(21)22/h4-11H,1-3H3,(H,17,20). The Balaban J connectivity index is 2.05. The summed E-state index contributed by atoms with van der Waals surface area (Å²) in [6.45, 7) is 5.83. The van der Waals surface area contributed by atoms with Crippen LogP contribution in [0.2, 0.25) is 0 Å². The first-order valence-electron chi connectivity index (χ1n) is 6.98. The van der Waals surface area contributed by atoms with E-state index in [9.17, 15) is 14.9 Å². The van der Waals surface area contributed by atoms with Gasteiger partial charge < -0.3 is 5.32 Å². The monoisotopic (exact) mass is 302 g/mol. The largest absolute Gasteiger partial charge is 0.324 e. The Kier molecular flexibility index (Phi) is 4.55. The van der Waals surface area contributed by atoms with E-state index in [2.05, 4.69) is 24.3 Å². The minimum Gasteiger partial charge on any atom is -0.324 e. The van der Waals surface area contributed by atoms with Gasteiger partial charge in [0.15, 0.2) is 0 Å². The molecule has 1 unspecified atom stereocenters. The van der Waals surface area contributed by atoms with E-state index in [-0.39, 0.29) is 11.6 Å². The van der Waals surface area contributed by atoms with Crippen molar-refractivity contribution in [3.05, 3.63) is 52.3 Å². The number of nitrogens with zero attached hydrogens (tertiary/aromatic N) is 3. The zero-order valence-electron chi connectivity index (χ0n) is 12.7. The van der Waals surface area contributed by atoms with E-state index in [1.54, 1.807) is 6.92 Å². The van der Waals surface area contributed by atoms with Gasteiger partial charge in [0, 0.05) is 5.69 Å². The third-order valence-electron chi connectivity index (χ3n) is 3.42. The van der Waals surface area contributed by atoms with Gasteiger partial charge >= 0.3 is 5.69 Å². The number of nitrogens with one attached hydrogen (secondary N) is 1. The highest BCUT2D eigenvalue weighted by Crippen LogP contribution is 2.19. The molecule has 0 fully saturated rings. The lowest BCUT2D eigenvalue weighted by Gasteiger charge is -2.13. The number of aromatic nitrogens is 2. The second-order valence-corrected chi connectivity index (χ2v) is 5.38. The Bertz CT molecular complexity index is 676. The molecule has 1 atom stereocenters. The number of carbonyl (C=O) groups is 1. The van der Waals surface area contributed by atoms with Crippen LogP contribution < -0.4 is 5.32 Å². The van der Waals surface area contributed by atoms with Crippen molar-refractivity contribution in [2.24, 2.45) is 0 Å². The lowest BCUT2D eigenvalue weighted by atomic mass is 10.0. The fraction of sp³-hybridized carbons (Fsp3) is 0.333. The summed E-state index contributed by atoms with van der Waals surface area (Å²) in [6, 6.07) is 6.96. The van der Waals surface area contributed by atoms with E-state index in [4.69, 9.17) is 0 Å². The van der Waals surface area contributed by atoms with Gasteiger partial charge in [-0.15, -0.1) is 0 Å². The number of nitro groups is 1. The molecule has 22 heavy (non-hydrogen) atoms. The molecule has 0 saturated carbocycles. The summed E-state index contributed by atoms with van der Waals surface area (Å²) in [5.41, 5.74) is 1.73. The summed E-state index contributed by atoms with van der Waals surface area (Å²) in [6.07, 6.45) is 2.37. The maximum atomic E-state index is 12.2. The highest BCUT2D eigenvalue weighted by Gasteiger charge is 2.19. The number of amides is 1. The van der Waals surface area contributed by atoms with Crippen molar-refractivity contribution in [2.45, 2.75) is 32.7 Å². The van der Waals surface area contributed by atoms with Gasteiger partial charge in [-0.1, -0.05) is 26.0 Å². The number of hydrogen-bond acceptors (Lipinski definition) is 4. The first kappa shape index (κ1) is 15.7. The van der Waals surface area contributed by atoms with Crippen molar-refractivity contribution in [1.29, 1.82) is 0 Å². The fourth-order valence-electron chi connectivity index (χ4n) is 1.95. The van der Waals surface area contributed by atoms with Gasteiger partial charge in [-0.05, 0) is 30.5 Å². The van der Waals surface area contributed by atoms with Crippen LogP contribution in [-0.4, -0.2) is 20.6 Å². The van der Waals surface area contributed by atoms with Crippen molar-refractivity contribution in [1.82, 2.24) is 9.78 Å². The molecule has 0 aliphatic carbocycles. The molecule has 7 nitrogen and oxygen atoms in total. The lowest BCUT2D eigenvalue weighted by Crippen LogP contribution is -2.24. The Hall–Kier alpha value is -2.70. The summed E-state index contributed by atoms with van der Waals surface area (Å²) < 4.78 is 1.27. The number of carbonyl (C=O) groups excluding carboxylic acids is 1. The van der Waals surface area contributed by atoms with Crippen molar-refractivity contribution < 1.29 is 9.72 Å². The topological polar surface area (TPSA) is 90.1 Å². The highest BCUT2D eigenvalue weighted by atomic mass is 16.6. The van der Waals surface area contributed by atoms with E-state index in [0.29, 0.717) is 11.6 Å². The molecule has 0 aliphatic rings. The first-order valence-corrected chi connectivity index (χ1v) is 6.98. The van der Waals surface area contributed by atoms with E-state index in [1.165, 1.54) is 16.4 Å². The summed E-state index contributed by atoms with van der Waals surface area (Å²) in [4.78, 5) is 22.3. The number of anilines is 1. The third kappa shape index (κ3) is 3.49. The van der Waals surface area contributed by atoms with Crippen LogP contribution in [0.3, 0.4) is 0 Å². The molecule has 116 valence electrons. The van der Waals surface area contributed by atoms with Crippen molar-refractivity contribution in [3.63, 3.8) is 0 Å². The van der Waals surface area contributed by atoms with Crippen LogP contribution in [0.5, 0.6) is 0 Å². The molecule has 7 heteroatoms. The van der Waals surface area contributed by atoms with Crippen LogP contribution in [0.15, 0.2) is 36.7 Å². The molecule has 1 amide bonds. The quantitative estimate of drug-likeness (QED) is 0.678. The molecule has 1 aromatic heterocycles. The Morgan fingerprint density at radius 2 is 1.91 bits per heavy atom. The molecule has 0 saturated heterocycles. The number of rotatable bonds is 5. The number of benzene rings is 1. The third-order valence-corrected chi connectivity index (χ3v) is 3.42. The van der Waals surface area contributed by atoms with Crippen LogP contribution >= 0.6 is 0 Å². The molecule has 0 bridgehead atoms. The Labute approximate surface area is 128 Å². The summed E-state index contributed by atoms with van der Waals surface area (Å²) >= 11 is 0. The lowest BCUT2D eigenvalue weighted by molar-refractivity contribution is -0.385. The zero-order valence-corrected chi connectivity index (χ0v) is 12.7. The van der Waals surface area contributed by atoms with Crippen LogP contribution in [0.1, 0.15) is 38.3 Å². The molecule has 2 aromatic rings. The second-order valence-electron chi connectivity index (χ2n) is 5.38. The highest BCUT2D eigenvalue weighted by molar-refractivity contribution is 5.93. The normalized spacial score (nSPS) is 12.2. The number of hydrogen-bond donors (Lipinski definition) is 1. The van der Waals surface area contributed by atoms with Gasteiger partial charge in [0.25, 0.3) is 0 Å². The summed E-state index contributed by atoms with van der Waals surface area (Å²) in [5, 5.41) is 17.3. The minimum absolute atomic E-state index is 0.138.